The van der Waals surface area contributed by atoms with E-state index in [1.54, 1.807) is 7.11 Å². The molecule has 2 aromatic carbocycles. The molecule has 0 bridgehead atoms. The number of benzene rings is 2. The number of amides is 1. The normalized spacial score (nSPS) is 13.1. The Balaban J connectivity index is 1.51. The molecular formula is C21H20N2O2S. The molecule has 1 amide bonds. The number of ether oxygens (including phenoxy) is 1. The summed E-state index contributed by atoms with van der Waals surface area (Å²) >= 11 is 1.51. The monoisotopic (exact) mass is 364 g/mol. The van der Waals surface area contributed by atoms with Gasteiger partial charge in [0.05, 0.1) is 18.4 Å². The number of fused-ring (bicyclic) bond motifs is 2. The second kappa shape index (κ2) is 7.00. The van der Waals surface area contributed by atoms with E-state index in [9.17, 15) is 4.79 Å². The number of anilines is 1. The van der Waals surface area contributed by atoms with E-state index in [4.69, 9.17) is 9.72 Å². The number of nitrogens with zero attached hydrogens (tertiary/aromatic N) is 2. The zero-order chi connectivity index (χ0) is 18.1. The van der Waals surface area contributed by atoms with Crippen LogP contribution < -0.4 is 9.64 Å². The largest absolute Gasteiger partial charge is 0.497 e. The minimum absolute atomic E-state index is 0.135. The summed E-state index contributed by atoms with van der Waals surface area (Å²) in [6.45, 7) is 2.80. The van der Waals surface area contributed by atoms with Gasteiger partial charge in [-0.15, -0.1) is 0 Å². The molecule has 0 radical (unpaired) electrons. The molecule has 0 saturated carbocycles. The average molecular weight is 364 g/mol. The van der Waals surface area contributed by atoms with Crippen LogP contribution >= 0.6 is 11.8 Å². The van der Waals surface area contributed by atoms with Crippen molar-refractivity contribution in [3.8, 4) is 5.75 Å². The van der Waals surface area contributed by atoms with Gasteiger partial charge in [-0.25, -0.2) is 4.98 Å². The van der Waals surface area contributed by atoms with Crippen molar-refractivity contribution in [1.82, 2.24) is 4.98 Å². The van der Waals surface area contributed by atoms with Gasteiger partial charge in [0, 0.05) is 17.6 Å². The van der Waals surface area contributed by atoms with Gasteiger partial charge < -0.3 is 9.64 Å². The summed E-state index contributed by atoms with van der Waals surface area (Å²) in [5.41, 5.74) is 4.29. The maximum atomic E-state index is 12.7. The fourth-order valence-corrected chi connectivity index (χ4v) is 4.19. The number of thioether (sulfide) groups is 1. The van der Waals surface area contributed by atoms with E-state index in [-0.39, 0.29) is 5.91 Å². The van der Waals surface area contributed by atoms with E-state index in [0.717, 1.165) is 45.9 Å². The second-order valence-electron chi connectivity index (χ2n) is 6.38. The lowest BCUT2D eigenvalue weighted by atomic mass is 10.1. The smallest absolute Gasteiger partial charge is 0.237 e. The Morgan fingerprint density at radius 2 is 2.08 bits per heavy atom. The third-order valence-electron chi connectivity index (χ3n) is 4.69. The molecule has 0 N–H and O–H groups in total. The third kappa shape index (κ3) is 3.15. The zero-order valence-electron chi connectivity index (χ0n) is 14.9. The number of hydrogen-bond donors (Lipinski definition) is 0. The Kier molecular flexibility index (Phi) is 4.55. The number of pyridine rings is 1. The fourth-order valence-electron chi connectivity index (χ4n) is 3.32. The number of para-hydroxylation sites is 1. The minimum Gasteiger partial charge on any atom is -0.497 e. The van der Waals surface area contributed by atoms with Gasteiger partial charge in [-0.2, -0.15) is 0 Å². The van der Waals surface area contributed by atoms with Crippen molar-refractivity contribution >= 4 is 34.3 Å². The Morgan fingerprint density at radius 1 is 1.23 bits per heavy atom. The predicted octanol–water partition coefficient (Wildman–Crippen LogP) is 4.23. The molecule has 1 aliphatic heterocycles. The van der Waals surface area contributed by atoms with Crippen LogP contribution in [0.25, 0.3) is 10.9 Å². The first-order valence-electron chi connectivity index (χ1n) is 8.62. The fraction of sp³-hybridized carbons (Fsp3) is 0.238. The zero-order valence-corrected chi connectivity index (χ0v) is 15.7. The van der Waals surface area contributed by atoms with Crippen molar-refractivity contribution in [2.24, 2.45) is 0 Å². The molecule has 4 rings (SSSR count). The molecule has 0 fully saturated rings. The van der Waals surface area contributed by atoms with Gasteiger partial charge in [0.2, 0.25) is 5.91 Å². The van der Waals surface area contributed by atoms with E-state index in [1.807, 2.05) is 48.2 Å². The van der Waals surface area contributed by atoms with Crippen LogP contribution in [0.5, 0.6) is 5.75 Å². The average Bonchev–Trinajstić information content (AvgIpc) is 3.10. The van der Waals surface area contributed by atoms with E-state index >= 15 is 0 Å². The molecule has 0 spiro atoms. The van der Waals surface area contributed by atoms with E-state index in [0.29, 0.717) is 5.75 Å². The van der Waals surface area contributed by atoms with Crippen molar-refractivity contribution in [3.05, 3.63) is 59.7 Å². The van der Waals surface area contributed by atoms with Crippen molar-refractivity contribution in [2.45, 2.75) is 18.4 Å². The molecule has 4 nitrogen and oxygen atoms in total. The molecule has 26 heavy (non-hydrogen) atoms. The molecule has 1 aromatic heterocycles. The van der Waals surface area contributed by atoms with Crippen LogP contribution in [0.1, 0.15) is 11.1 Å². The Morgan fingerprint density at radius 3 is 2.92 bits per heavy atom. The number of aryl methyl sites for hydroxylation is 1. The van der Waals surface area contributed by atoms with Gasteiger partial charge in [0.1, 0.15) is 10.8 Å². The van der Waals surface area contributed by atoms with Gasteiger partial charge in [-0.05, 0) is 54.8 Å². The highest BCUT2D eigenvalue weighted by Crippen LogP contribution is 2.30. The summed E-state index contributed by atoms with van der Waals surface area (Å²) < 4.78 is 5.27. The van der Waals surface area contributed by atoms with Crippen molar-refractivity contribution in [3.63, 3.8) is 0 Å². The number of rotatable bonds is 4. The first-order valence-corrected chi connectivity index (χ1v) is 9.61. The molecule has 0 unspecified atom stereocenters. The van der Waals surface area contributed by atoms with Gasteiger partial charge in [0.25, 0.3) is 0 Å². The van der Waals surface area contributed by atoms with Crippen LogP contribution in [0, 0.1) is 6.92 Å². The number of methoxy groups -OCH3 is 1. The number of carbonyl (C=O) groups is 1. The van der Waals surface area contributed by atoms with E-state index < -0.39 is 0 Å². The number of aromatic nitrogens is 1. The van der Waals surface area contributed by atoms with Crippen LogP contribution in [0.4, 0.5) is 5.69 Å². The standard InChI is InChI=1S/C21H20N2O2S/c1-14-11-16-12-17(25-2)7-8-18(16)22-21(14)26-13-20(24)23-10-9-15-5-3-4-6-19(15)23/h3-8,11-12H,9-10,13H2,1-2H3. The van der Waals surface area contributed by atoms with Gasteiger partial charge in [-0.3, -0.25) is 4.79 Å². The summed E-state index contributed by atoms with van der Waals surface area (Å²) in [4.78, 5) is 19.3. The van der Waals surface area contributed by atoms with Crippen molar-refractivity contribution in [1.29, 1.82) is 0 Å². The van der Waals surface area contributed by atoms with Gasteiger partial charge >= 0.3 is 0 Å². The molecule has 0 saturated heterocycles. The van der Waals surface area contributed by atoms with Gasteiger partial charge in [-0.1, -0.05) is 30.0 Å². The molecule has 0 aliphatic carbocycles. The van der Waals surface area contributed by atoms with E-state index in [1.165, 1.54) is 17.3 Å². The van der Waals surface area contributed by atoms with Crippen LogP contribution in [0.15, 0.2) is 53.6 Å². The Labute approximate surface area is 157 Å². The lowest BCUT2D eigenvalue weighted by Gasteiger charge is -2.17. The molecule has 132 valence electrons. The SMILES string of the molecule is COc1ccc2nc(SCC(=O)N3CCc4ccccc43)c(C)cc2c1. The topological polar surface area (TPSA) is 42.4 Å². The molecule has 2 heterocycles. The Hall–Kier alpha value is -2.53. The summed E-state index contributed by atoms with van der Waals surface area (Å²) in [5, 5.41) is 1.95. The highest BCUT2D eigenvalue weighted by atomic mass is 32.2. The highest BCUT2D eigenvalue weighted by Gasteiger charge is 2.24. The summed E-state index contributed by atoms with van der Waals surface area (Å²) in [6.07, 6.45) is 0.932. The lowest BCUT2D eigenvalue weighted by molar-refractivity contribution is -0.116. The third-order valence-corrected chi connectivity index (χ3v) is 5.76. The van der Waals surface area contributed by atoms with Crippen molar-refractivity contribution < 1.29 is 9.53 Å². The summed E-state index contributed by atoms with van der Waals surface area (Å²) in [7, 11) is 1.66. The molecular weight excluding hydrogens is 344 g/mol. The van der Waals surface area contributed by atoms with E-state index in [2.05, 4.69) is 12.1 Å². The Bertz CT molecular complexity index is 987. The first kappa shape index (κ1) is 16.9. The first-order chi connectivity index (χ1) is 12.7. The summed E-state index contributed by atoms with van der Waals surface area (Å²) in [5.74, 6) is 1.35. The van der Waals surface area contributed by atoms with Gasteiger partial charge in [0.15, 0.2) is 0 Å². The molecule has 1 aliphatic rings. The van der Waals surface area contributed by atoms with Crippen LogP contribution in [-0.4, -0.2) is 30.3 Å². The number of hydrogen-bond acceptors (Lipinski definition) is 4. The maximum Gasteiger partial charge on any atom is 0.237 e. The van der Waals surface area contributed by atoms with Crippen LogP contribution in [0.2, 0.25) is 0 Å². The predicted molar refractivity (Wildman–Crippen MR) is 106 cm³/mol. The maximum absolute atomic E-state index is 12.7. The summed E-state index contributed by atoms with van der Waals surface area (Å²) in [6, 6.07) is 16.1. The number of carbonyl (C=O) groups excluding carboxylic acids is 1. The lowest BCUT2D eigenvalue weighted by Crippen LogP contribution is -2.30. The second-order valence-corrected chi connectivity index (χ2v) is 7.35. The molecule has 0 atom stereocenters. The van der Waals surface area contributed by atoms with Crippen molar-refractivity contribution in [2.75, 3.05) is 24.3 Å². The minimum atomic E-state index is 0.135. The quantitative estimate of drug-likeness (QED) is 0.650. The molecule has 3 aromatic rings. The van der Waals surface area contributed by atoms with Crippen LogP contribution in [-0.2, 0) is 11.2 Å². The molecule has 5 heteroatoms. The highest BCUT2D eigenvalue weighted by molar-refractivity contribution is 8.00. The van der Waals surface area contributed by atoms with Crippen LogP contribution in [0.3, 0.4) is 0 Å².